The van der Waals surface area contributed by atoms with Crippen LogP contribution in [0.1, 0.15) is 0 Å². The van der Waals surface area contributed by atoms with Crippen LogP contribution in [0.3, 0.4) is 0 Å². The van der Waals surface area contributed by atoms with Crippen molar-refractivity contribution in [2.45, 2.75) is 0 Å². The van der Waals surface area contributed by atoms with Crippen molar-refractivity contribution in [1.29, 1.82) is 0 Å². The number of hydrogen-bond donors (Lipinski definition) is 0. The quantitative estimate of drug-likeness (QED) is 0.160. The summed E-state index contributed by atoms with van der Waals surface area (Å²) in [7, 11) is 0. The second-order valence-electron chi connectivity index (χ2n) is 17.2. The van der Waals surface area contributed by atoms with Crippen molar-refractivity contribution < 1.29 is 0 Å². The van der Waals surface area contributed by atoms with Crippen LogP contribution in [0, 0.1) is 0 Å². The van der Waals surface area contributed by atoms with E-state index in [0.29, 0.717) is 5.82 Å². The molecule has 8 heteroatoms. The second-order valence-corrected chi connectivity index (χ2v) is 17.2. The van der Waals surface area contributed by atoms with Crippen molar-refractivity contribution in [1.82, 2.24) is 37.9 Å². The summed E-state index contributed by atoms with van der Waals surface area (Å²) in [5, 5.41) is 0. The minimum Gasteiger partial charge on any atom is -0.278 e. The molecule has 0 saturated carbocycles. The Bertz CT molecular complexity index is 4240. The van der Waals surface area contributed by atoms with Crippen LogP contribution in [0.2, 0.25) is 0 Å². The summed E-state index contributed by atoms with van der Waals surface area (Å²) in [5.74, 6) is 2.24. The van der Waals surface area contributed by atoms with Gasteiger partial charge in [-0.2, -0.15) is 0 Å². The number of benzene rings is 9. The van der Waals surface area contributed by atoms with Gasteiger partial charge in [0.2, 0.25) is 11.6 Å². The summed E-state index contributed by atoms with van der Waals surface area (Å²) in [4.78, 5) is 20.7. The maximum Gasteiger partial charge on any atom is 0.222 e. The third-order valence-electron chi connectivity index (χ3n) is 13.2. The lowest BCUT2D eigenvalue weighted by atomic mass is 9.85. The molecular formula is C60H38N8. The number of fused-ring (bicyclic) bond motifs is 10. The minimum absolute atomic E-state index is 0.621. The van der Waals surface area contributed by atoms with E-state index < -0.39 is 0 Å². The standard InChI is InChI=1S/C60H38N8/c1-5-18-39(19-6-1)46-36-48(41-22-9-3-10-23-41)49(37-47(46)40-20-7-2-8-21-40)42-24-17-27-45(34-42)65-53-30-15-16-31-54(53)68-55-35-43(32-33-51(55)63-59(65)68)57-61-38-56-58(64-57)66(44-25-11-4-12-26-44)60-62-50-28-13-14-29-52(50)67(56)60/h1-38H. The topological polar surface area (TPSA) is 70.2 Å². The van der Waals surface area contributed by atoms with Gasteiger partial charge in [0.25, 0.3) is 0 Å². The van der Waals surface area contributed by atoms with E-state index in [4.69, 9.17) is 19.9 Å². The Hall–Kier alpha value is -9.40. The van der Waals surface area contributed by atoms with Gasteiger partial charge in [-0.15, -0.1) is 0 Å². The molecule has 0 fully saturated rings. The van der Waals surface area contributed by atoms with Crippen molar-refractivity contribution in [2.75, 3.05) is 0 Å². The van der Waals surface area contributed by atoms with E-state index in [0.717, 1.165) is 89.4 Å². The molecule has 0 spiro atoms. The smallest absolute Gasteiger partial charge is 0.222 e. The van der Waals surface area contributed by atoms with Gasteiger partial charge in [0, 0.05) is 11.3 Å². The molecule has 0 unspecified atom stereocenters. The maximum absolute atomic E-state index is 5.35. The van der Waals surface area contributed by atoms with E-state index in [1.807, 2.05) is 42.6 Å². The maximum atomic E-state index is 5.35. The zero-order valence-electron chi connectivity index (χ0n) is 36.5. The molecule has 5 heterocycles. The van der Waals surface area contributed by atoms with E-state index in [-0.39, 0.29) is 0 Å². The number of nitrogens with zero attached hydrogens (tertiary/aromatic N) is 8. The van der Waals surface area contributed by atoms with Gasteiger partial charge in [0.1, 0.15) is 5.52 Å². The van der Waals surface area contributed by atoms with Gasteiger partial charge in [-0.3, -0.25) is 17.9 Å². The second kappa shape index (κ2) is 15.1. The van der Waals surface area contributed by atoms with Crippen LogP contribution >= 0.6 is 0 Å². The van der Waals surface area contributed by atoms with E-state index >= 15 is 0 Å². The highest BCUT2D eigenvalue weighted by molar-refractivity contribution is 5.97. The molecule has 0 bridgehead atoms. The molecule has 0 aliphatic rings. The summed E-state index contributed by atoms with van der Waals surface area (Å²) >= 11 is 0. The number of para-hydroxylation sites is 5. The van der Waals surface area contributed by atoms with Gasteiger partial charge in [0.05, 0.1) is 45.0 Å². The van der Waals surface area contributed by atoms with E-state index in [9.17, 15) is 0 Å². The number of rotatable bonds is 7. The van der Waals surface area contributed by atoms with Crippen LogP contribution in [-0.2, 0) is 0 Å². The molecule has 0 saturated heterocycles. The summed E-state index contributed by atoms with van der Waals surface area (Å²) in [5.41, 5.74) is 19.8. The first-order valence-corrected chi connectivity index (χ1v) is 22.8. The van der Waals surface area contributed by atoms with Gasteiger partial charge in [0.15, 0.2) is 11.5 Å². The highest BCUT2D eigenvalue weighted by atomic mass is 15.2. The minimum atomic E-state index is 0.621. The molecule has 0 radical (unpaired) electrons. The number of aromatic nitrogens is 8. The Morgan fingerprint density at radius 2 is 0.794 bits per heavy atom. The van der Waals surface area contributed by atoms with Gasteiger partial charge in [-0.05, 0) is 123 Å². The van der Waals surface area contributed by atoms with Crippen LogP contribution < -0.4 is 0 Å². The normalized spacial score (nSPS) is 11.8. The van der Waals surface area contributed by atoms with Crippen molar-refractivity contribution in [2.24, 2.45) is 0 Å². The molecule has 0 N–H and O–H groups in total. The van der Waals surface area contributed by atoms with E-state index in [1.54, 1.807) is 0 Å². The molecule has 8 nitrogen and oxygen atoms in total. The van der Waals surface area contributed by atoms with E-state index in [2.05, 4.69) is 206 Å². The number of imidazole rings is 4. The third-order valence-corrected chi connectivity index (χ3v) is 13.2. The molecule has 14 rings (SSSR count). The molecule has 68 heavy (non-hydrogen) atoms. The van der Waals surface area contributed by atoms with Gasteiger partial charge >= 0.3 is 0 Å². The highest BCUT2D eigenvalue weighted by Gasteiger charge is 2.23. The Morgan fingerprint density at radius 1 is 0.294 bits per heavy atom. The Balaban J connectivity index is 0.945. The largest absolute Gasteiger partial charge is 0.278 e. The molecule has 5 aromatic heterocycles. The zero-order valence-corrected chi connectivity index (χ0v) is 36.5. The van der Waals surface area contributed by atoms with Crippen molar-refractivity contribution >= 4 is 55.8 Å². The van der Waals surface area contributed by atoms with Crippen molar-refractivity contribution in [3.63, 3.8) is 0 Å². The molecule has 14 aromatic rings. The first kappa shape index (κ1) is 37.9. The fraction of sp³-hybridized carbons (Fsp3) is 0. The van der Waals surface area contributed by atoms with E-state index in [1.165, 1.54) is 27.8 Å². The predicted molar refractivity (Wildman–Crippen MR) is 275 cm³/mol. The lowest BCUT2D eigenvalue weighted by Gasteiger charge is -2.19. The molecular weight excluding hydrogens is 833 g/mol. The zero-order chi connectivity index (χ0) is 44.7. The van der Waals surface area contributed by atoms with Crippen LogP contribution in [0.4, 0.5) is 0 Å². The average molecular weight is 871 g/mol. The molecule has 0 atom stereocenters. The predicted octanol–water partition coefficient (Wildman–Crippen LogP) is 14.3. The van der Waals surface area contributed by atoms with Crippen LogP contribution in [-0.4, -0.2) is 37.9 Å². The Labute approximate surface area is 390 Å². The van der Waals surface area contributed by atoms with Crippen molar-refractivity contribution in [3.05, 3.63) is 231 Å². The molecule has 0 aliphatic heterocycles. The van der Waals surface area contributed by atoms with Gasteiger partial charge in [-0.1, -0.05) is 146 Å². The molecule has 0 aliphatic carbocycles. The summed E-state index contributed by atoms with van der Waals surface area (Å²) in [6, 6.07) is 79.2. The van der Waals surface area contributed by atoms with Crippen LogP contribution in [0.25, 0.3) is 123 Å². The lowest BCUT2D eigenvalue weighted by molar-refractivity contribution is 1.08. The first-order valence-electron chi connectivity index (χ1n) is 22.8. The fourth-order valence-corrected chi connectivity index (χ4v) is 10.2. The first-order chi connectivity index (χ1) is 33.7. The summed E-state index contributed by atoms with van der Waals surface area (Å²) in [6.45, 7) is 0. The molecule has 0 amide bonds. The molecule has 9 aromatic carbocycles. The van der Waals surface area contributed by atoms with Crippen molar-refractivity contribution in [3.8, 4) is 67.3 Å². The average Bonchev–Trinajstić information content (AvgIpc) is 4.15. The number of hydrogen-bond acceptors (Lipinski definition) is 4. The fourth-order valence-electron chi connectivity index (χ4n) is 10.2. The van der Waals surface area contributed by atoms with Gasteiger partial charge in [-0.25, -0.2) is 19.9 Å². The summed E-state index contributed by atoms with van der Waals surface area (Å²) in [6.07, 6.45) is 1.93. The van der Waals surface area contributed by atoms with Gasteiger partial charge < -0.3 is 0 Å². The third kappa shape index (κ3) is 5.87. The Morgan fingerprint density at radius 3 is 1.46 bits per heavy atom. The lowest BCUT2D eigenvalue weighted by Crippen LogP contribution is -1.98. The monoisotopic (exact) mass is 870 g/mol. The SMILES string of the molecule is c1ccc(-c2cc(-c3ccccc3)c(-c3cccc(-n4c5ccccc5n5c6cc(-c7ncc8c(n7)n(-c7ccccc7)c7nc9ccccc9n87)ccc6nc45)c3)cc2-c2ccccc2)cc1. The molecule has 318 valence electrons. The highest BCUT2D eigenvalue weighted by Crippen LogP contribution is 2.43. The Kier molecular flexibility index (Phi) is 8.41. The van der Waals surface area contributed by atoms with Crippen LogP contribution in [0.5, 0.6) is 0 Å². The van der Waals surface area contributed by atoms with Crippen LogP contribution in [0.15, 0.2) is 231 Å². The summed E-state index contributed by atoms with van der Waals surface area (Å²) < 4.78 is 8.83.